The number of nitrogens with zero attached hydrogens (tertiary/aromatic N) is 3. The molecule has 2 atom stereocenters. The molecule has 2 aliphatic rings. The van der Waals surface area contributed by atoms with E-state index < -0.39 is 0 Å². The van der Waals surface area contributed by atoms with Crippen LogP contribution in [0, 0.1) is 5.41 Å². The van der Waals surface area contributed by atoms with E-state index in [2.05, 4.69) is 31.8 Å². The number of hydrogen-bond acceptors (Lipinski definition) is 3. The number of fused-ring (bicyclic) bond motifs is 4. The molecule has 1 fully saturated rings. The maximum atomic E-state index is 13.7. The number of phenols is 1. The smallest absolute Gasteiger partial charge is 0.272 e. The lowest BCUT2D eigenvalue weighted by molar-refractivity contribution is -0.0270. The molecule has 154 valence electrons. The highest BCUT2D eigenvalue weighted by atomic mass is 16.3. The van der Waals surface area contributed by atoms with Crippen molar-refractivity contribution in [1.29, 1.82) is 0 Å². The van der Waals surface area contributed by atoms with Gasteiger partial charge in [-0.1, -0.05) is 51.1 Å². The number of hydrogen-bond donors (Lipinski definition) is 1. The Morgan fingerprint density at radius 2 is 1.87 bits per heavy atom. The number of amides is 1. The molecule has 1 saturated heterocycles. The predicted octanol–water partition coefficient (Wildman–Crippen LogP) is 4.33. The Morgan fingerprint density at radius 3 is 2.63 bits per heavy atom. The summed E-state index contributed by atoms with van der Waals surface area (Å²) >= 11 is 0. The lowest BCUT2D eigenvalue weighted by Crippen LogP contribution is -2.65. The number of likely N-dealkylation sites (tertiary alicyclic amines) is 1. The predicted molar refractivity (Wildman–Crippen MR) is 116 cm³/mol. The van der Waals surface area contributed by atoms with Gasteiger partial charge in [-0.3, -0.25) is 9.36 Å². The van der Waals surface area contributed by atoms with Gasteiger partial charge in [0.25, 0.3) is 5.91 Å². The van der Waals surface area contributed by atoms with E-state index in [1.807, 2.05) is 45.9 Å². The van der Waals surface area contributed by atoms with E-state index in [4.69, 9.17) is 0 Å². The SMILES string of the molecule is CC1(C)[C@H]2Cc3c(O)cccc3[C@]1(C)CCN2C(=O)c1cncn1-c1ccccc1. The number of carbonyl (C=O) groups excluding carboxylic acids is 1. The third-order valence-corrected chi connectivity index (χ3v) is 7.78. The number of benzene rings is 2. The quantitative estimate of drug-likeness (QED) is 0.695. The number of phenolic OH excluding ortho intramolecular Hbond substituents is 1. The average Bonchev–Trinajstić information content (AvgIpc) is 3.21. The summed E-state index contributed by atoms with van der Waals surface area (Å²) in [6, 6.07) is 15.7. The Hall–Kier alpha value is -3.08. The molecule has 1 N–H and O–H groups in total. The summed E-state index contributed by atoms with van der Waals surface area (Å²) in [6.45, 7) is 7.50. The number of aromatic hydroxyl groups is 1. The number of carbonyl (C=O) groups is 1. The zero-order valence-electron chi connectivity index (χ0n) is 17.7. The first-order valence-corrected chi connectivity index (χ1v) is 10.5. The van der Waals surface area contributed by atoms with Crippen molar-refractivity contribution in [2.75, 3.05) is 6.54 Å². The van der Waals surface area contributed by atoms with E-state index in [-0.39, 0.29) is 22.8 Å². The summed E-state index contributed by atoms with van der Waals surface area (Å²) < 4.78 is 1.86. The third kappa shape index (κ3) is 2.47. The van der Waals surface area contributed by atoms with Crippen molar-refractivity contribution >= 4 is 5.91 Å². The van der Waals surface area contributed by atoms with Gasteiger partial charge in [0.1, 0.15) is 11.4 Å². The number of imidazole rings is 1. The number of rotatable bonds is 2. The molecule has 0 saturated carbocycles. The Morgan fingerprint density at radius 1 is 1.10 bits per heavy atom. The zero-order chi connectivity index (χ0) is 21.1. The summed E-state index contributed by atoms with van der Waals surface area (Å²) in [7, 11) is 0. The summed E-state index contributed by atoms with van der Waals surface area (Å²) in [4.78, 5) is 20.0. The zero-order valence-corrected chi connectivity index (χ0v) is 17.7. The largest absolute Gasteiger partial charge is 0.508 e. The maximum Gasteiger partial charge on any atom is 0.272 e. The molecule has 1 aliphatic carbocycles. The highest BCUT2D eigenvalue weighted by Crippen LogP contribution is 2.57. The van der Waals surface area contributed by atoms with Crippen LogP contribution in [0.5, 0.6) is 5.75 Å². The van der Waals surface area contributed by atoms with Crippen molar-refractivity contribution in [3.63, 3.8) is 0 Å². The number of piperidine rings is 1. The summed E-state index contributed by atoms with van der Waals surface area (Å²) in [6.07, 6.45) is 4.88. The Kier molecular flexibility index (Phi) is 4.07. The second kappa shape index (κ2) is 6.46. The van der Waals surface area contributed by atoms with Gasteiger partial charge in [-0.15, -0.1) is 0 Å². The topological polar surface area (TPSA) is 58.4 Å². The van der Waals surface area contributed by atoms with E-state index in [0.29, 0.717) is 24.4 Å². The Labute approximate surface area is 177 Å². The first-order chi connectivity index (χ1) is 14.3. The summed E-state index contributed by atoms with van der Waals surface area (Å²) in [5.74, 6) is 0.332. The number of para-hydroxylation sites is 1. The van der Waals surface area contributed by atoms with Crippen LogP contribution in [-0.2, 0) is 11.8 Å². The van der Waals surface area contributed by atoms with Crippen LogP contribution >= 0.6 is 0 Å². The van der Waals surface area contributed by atoms with Gasteiger partial charge in [-0.2, -0.15) is 0 Å². The molecular formula is C25H27N3O2. The summed E-state index contributed by atoms with van der Waals surface area (Å²) in [5, 5.41) is 10.6. The van der Waals surface area contributed by atoms with Crippen LogP contribution in [-0.4, -0.2) is 38.1 Å². The van der Waals surface area contributed by atoms with Crippen molar-refractivity contribution in [2.45, 2.75) is 45.1 Å². The van der Waals surface area contributed by atoms with E-state index in [1.165, 1.54) is 5.56 Å². The monoisotopic (exact) mass is 401 g/mol. The first-order valence-electron chi connectivity index (χ1n) is 10.5. The fourth-order valence-electron chi connectivity index (χ4n) is 5.56. The molecular weight excluding hydrogens is 374 g/mol. The van der Waals surface area contributed by atoms with Gasteiger partial charge >= 0.3 is 0 Å². The van der Waals surface area contributed by atoms with Crippen LogP contribution in [0.4, 0.5) is 0 Å². The van der Waals surface area contributed by atoms with Crippen LogP contribution < -0.4 is 0 Å². The van der Waals surface area contributed by atoms with Crippen LogP contribution in [0.2, 0.25) is 0 Å². The normalized spacial score (nSPS) is 24.4. The second-order valence-electron chi connectivity index (χ2n) is 9.31. The fraction of sp³-hybridized carbons (Fsp3) is 0.360. The molecule has 1 aromatic heterocycles. The van der Waals surface area contributed by atoms with Gasteiger partial charge in [0.05, 0.1) is 12.5 Å². The second-order valence-corrected chi connectivity index (χ2v) is 9.31. The van der Waals surface area contributed by atoms with Crippen molar-refractivity contribution in [1.82, 2.24) is 14.5 Å². The summed E-state index contributed by atoms with van der Waals surface area (Å²) in [5.41, 5.74) is 3.48. The van der Waals surface area contributed by atoms with Crippen molar-refractivity contribution in [3.8, 4) is 11.4 Å². The van der Waals surface area contributed by atoms with Crippen LogP contribution in [0.15, 0.2) is 61.1 Å². The lowest BCUT2D eigenvalue weighted by atomic mass is 9.51. The number of aromatic nitrogens is 2. The van der Waals surface area contributed by atoms with E-state index in [0.717, 1.165) is 17.7 Å². The van der Waals surface area contributed by atoms with Crippen molar-refractivity contribution in [2.24, 2.45) is 5.41 Å². The standard InChI is InChI=1S/C25H27N3O2/c1-24(2)22-14-18-19(10-7-11-21(18)29)25(24,3)12-13-27(22)23(30)20-15-26-16-28(20)17-8-5-4-6-9-17/h4-11,15-16,22,29H,12-14H2,1-3H3/t22-,25+/m1/s1. The molecule has 0 spiro atoms. The highest BCUT2D eigenvalue weighted by molar-refractivity contribution is 5.93. The molecule has 5 nitrogen and oxygen atoms in total. The molecule has 2 bridgehead atoms. The van der Waals surface area contributed by atoms with Gasteiger partial charge in [0.2, 0.25) is 0 Å². The minimum absolute atomic E-state index is 0.00340. The van der Waals surface area contributed by atoms with Crippen LogP contribution in [0.25, 0.3) is 5.69 Å². The van der Waals surface area contributed by atoms with E-state index in [1.54, 1.807) is 18.6 Å². The van der Waals surface area contributed by atoms with Gasteiger partial charge in [-0.05, 0) is 47.6 Å². The molecule has 2 aromatic carbocycles. The molecule has 0 radical (unpaired) electrons. The molecule has 0 unspecified atom stereocenters. The average molecular weight is 402 g/mol. The highest BCUT2D eigenvalue weighted by Gasteiger charge is 2.57. The van der Waals surface area contributed by atoms with Crippen molar-refractivity contribution < 1.29 is 9.90 Å². The molecule has 1 aliphatic heterocycles. The molecule has 30 heavy (non-hydrogen) atoms. The molecule has 5 heteroatoms. The first kappa shape index (κ1) is 18.9. The lowest BCUT2D eigenvalue weighted by Gasteiger charge is -2.60. The van der Waals surface area contributed by atoms with Gasteiger partial charge in [0.15, 0.2) is 0 Å². The molecule has 2 heterocycles. The Bertz CT molecular complexity index is 1120. The van der Waals surface area contributed by atoms with Gasteiger partial charge < -0.3 is 10.0 Å². The van der Waals surface area contributed by atoms with Gasteiger partial charge in [-0.25, -0.2) is 4.98 Å². The van der Waals surface area contributed by atoms with E-state index in [9.17, 15) is 9.90 Å². The minimum Gasteiger partial charge on any atom is -0.508 e. The molecule has 1 amide bonds. The van der Waals surface area contributed by atoms with Gasteiger partial charge in [0, 0.05) is 23.7 Å². The maximum absolute atomic E-state index is 13.7. The molecule has 3 aromatic rings. The van der Waals surface area contributed by atoms with Crippen LogP contribution in [0.3, 0.4) is 0 Å². The van der Waals surface area contributed by atoms with Crippen molar-refractivity contribution in [3.05, 3.63) is 77.9 Å². The minimum atomic E-state index is -0.126. The van der Waals surface area contributed by atoms with Crippen LogP contribution in [0.1, 0.15) is 48.8 Å². The Balaban J connectivity index is 1.57. The molecule has 5 rings (SSSR count). The van der Waals surface area contributed by atoms with E-state index >= 15 is 0 Å². The third-order valence-electron chi connectivity index (χ3n) is 7.78. The fourth-order valence-corrected chi connectivity index (χ4v) is 5.56.